The lowest BCUT2D eigenvalue weighted by Gasteiger charge is -2.11. The van der Waals surface area contributed by atoms with Crippen LogP contribution in [0.25, 0.3) is 0 Å². The number of carbonyl (C=O) groups excluding carboxylic acids is 1. The van der Waals surface area contributed by atoms with Crippen molar-refractivity contribution < 1.29 is 19.6 Å². The monoisotopic (exact) mass is 283 g/mol. The van der Waals surface area contributed by atoms with Gasteiger partial charge < -0.3 is 15.0 Å². The summed E-state index contributed by atoms with van der Waals surface area (Å²) in [6.07, 6.45) is 1.67. The largest absolute Gasteiger partial charge is 0.481 e. The molecule has 0 saturated carbocycles. The van der Waals surface area contributed by atoms with Crippen molar-refractivity contribution >= 4 is 17.6 Å². The molecule has 1 aromatic heterocycles. The fraction of sp³-hybridized carbons (Fsp3) is 0.500. The highest BCUT2D eigenvalue weighted by molar-refractivity contribution is 5.93. The average molecular weight is 283 g/mol. The van der Waals surface area contributed by atoms with Crippen molar-refractivity contribution in [3.8, 4) is 0 Å². The second-order valence-electron chi connectivity index (χ2n) is 4.28. The number of aliphatic carboxylic acids is 1. The quantitative estimate of drug-likeness (QED) is 0.577. The fourth-order valence-corrected chi connectivity index (χ4v) is 1.76. The first-order valence-electron chi connectivity index (χ1n) is 6.26. The van der Waals surface area contributed by atoms with E-state index in [1.165, 1.54) is 16.8 Å². The number of nitrogens with one attached hydrogen (secondary N) is 1. The maximum atomic E-state index is 12.0. The molecule has 0 radical (unpaired) electrons. The Balaban J connectivity index is 2.81. The third-order valence-electron chi connectivity index (χ3n) is 3.02. The van der Waals surface area contributed by atoms with E-state index in [-0.39, 0.29) is 17.9 Å². The summed E-state index contributed by atoms with van der Waals surface area (Å²) in [6.45, 7) is 3.87. The maximum Gasteiger partial charge on any atom is 0.308 e. The van der Waals surface area contributed by atoms with E-state index in [2.05, 4.69) is 5.32 Å². The van der Waals surface area contributed by atoms with Crippen molar-refractivity contribution in [2.75, 3.05) is 6.54 Å². The summed E-state index contributed by atoms with van der Waals surface area (Å²) in [6, 6.07) is 1.18. The van der Waals surface area contributed by atoms with Gasteiger partial charge in [0, 0.05) is 19.2 Å². The molecular formula is C12H17N3O5. The van der Waals surface area contributed by atoms with Crippen molar-refractivity contribution in [1.29, 1.82) is 0 Å². The zero-order chi connectivity index (χ0) is 15.3. The van der Waals surface area contributed by atoms with Crippen molar-refractivity contribution in [3.63, 3.8) is 0 Å². The molecule has 8 nitrogen and oxygen atoms in total. The highest BCUT2D eigenvalue weighted by Gasteiger charge is 2.21. The van der Waals surface area contributed by atoms with Gasteiger partial charge in [0.15, 0.2) is 0 Å². The number of aryl methyl sites for hydroxylation is 1. The Hall–Kier alpha value is -2.38. The summed E-state index contributed by atoms with van der Waals surface area (Å²) >= 11 is 0. The van der Waals surface area contributed by atoms with Gasteiger partial charge in [0.05, 0.1) is 17.0 Å². The Kier molecular flexibility index (Phi) is 5.24. The van der Waals surface area contributed by atoms with Gasteiger partial charge in [0.1, 0.15) is 5.69 Å². The van der Waals surface area contributed by atoms with Gasteiger partial charge in [-0.25, -0.2) is 0 Å². The summed E-state index contributed by atoms with van der Waals surface area (Å²) in [5.41, 5.74) is -0.0123. The number of carboxylic acid groups (broad SMARTS) is 1. The number of hydrogen-bond donors (Lipinski definition) is 2. The van der Waals surface area contributed by atoms with E-state index in [1.54, 1.807) is 13.8 Å². The summed E-state index contributed by atoms with van der Waals surface area (Å²) in [7, 11) is 0. The number of aromatic nitrogens is 1. The van der Waals surface area contributed by atoms with E-state index in [4.69, 9.17) is 5.11 Å². The molecule has 1 atom stereocenters. The highest BCUT2D eigenvalue weighted by Crippen LogP contribution is 2.16. The standard InChI is InChI=1S/C12H17N3O5/c1-3-8(12(17)18)6-13-11(16)10-5-9(15(19)20)7-14(10)4-2/h5,7-8H,3-4,6H2,1-2H3,(H,13,16)(H,17,18). The lowest BCUT2D eigenvalue weighted by Crippen LogP contribution is -2.33. The maximum absolute atomic E-state index is 12.0. The molecule has 0 aromatic carbocycles. The predicted octanol–water partition coefficient (Wildman–Crippen LogP) is 1.26. The number of nitrogens with zero attached hydrogens (tertiary/aromatic N) is 2. The average Bonchev–Trinajstić information content (AvgIpc) is 2.83. The first kappa shape index (κ1) is 15.7. The minimum atomic E-state index is -0.982. The Morgan fingerprint density at radius 1 is 1.50 bits per heavy atom. The van der Waals surface area contributed by atoms with Crippen LogP contribution in [0.4, 0.5) is 5.69 Å². The van der Waals surface area contributed by atoms with Gasteiger partial charge in [-0.3, -0.25) is 19.7 Å². The summed E-state index contributed by atoms with van der Waals surface area (Å²) in [5.74, 6) is -2.16. The molecule has 1 rings (SSSR count). The third-order valence-corrected chi connectivity index (χ3v) is 3.02. The SMILES string of the molecule is CCC(CNC(=O)c1cc([N+](=O)[O-])cn1CC)C(=O)O. The summed E-state index contributed by atoms with van der Waals surface area (Å²) < 4.78 is 1.45. The second-order valence-corrected chi connectivity index (χ2v) is 4.28. The molecular weight excluding hydrogens is 266 g/mol. The Labute approximate surface area is 115 Å². The molecule has 0 bridgehead atoms. The van der Waals surface area contributed by atoms with Crippen molar-refractivity contribution in [2.45, 2.75) is 26.8 Å². The number of carboxylic acids is 1. The van der Waals surface area contributed by atoms with Crippen LogP contribution in [0.1, 0.15) is 30.8 Å². The van der Waals surface area contributed by atoms with E-state index < -0.39 is 22.7 Å². The van der Waals surface area contributed by atoms with Gasteiger partial charge in [-0.1, -0.05) is 6.92 Å². The van der Waals surface area contributed by atoms with Gasteiger partial charge in [-0.2, -0.15) is 0 Å². The molecule has 1 heterocycles. The molecule has 0 aliphatic rings. The first-order valence-corrected chi connectivity index (χ1v) is 6.26. The molecule has 0 aliphatic carbocycles. The normalized spacial score (nSPS) is 11.9. The van der Waals surface area contributed by atoms with E-state index in [0.29, 0.717) is 13.0 Å². The van der Waals surface area contributed by atoms with E-state index in [1.807, 2.05) is 0 Å². The minimum absolute atomic E-state index is 0.00659. The van der Waals surface area contributed by atoms with Gasteiger partial charge in [-0.15, -0.1) is 0 Å². The van der Waals surface area contributed by atoms with Crippen molar-refractivity contribution in [3.05, 3.63) is 28.1 Å². The van der Waals surface area contributed by atoms with E-state index in [0.717, 1.165) is 0 Å². The Morgan fingerprint density at radius 3 is 2.60 bits per heavy atom. The third kappa shape index (κ3) is 3.56. The van der Waals surface area contributed by atoms with E-state index >= 15 is 0 Å². The van der Waals surface area contributed by atoms with Gasteiger partial charge in [-0.05, 0) is 13.3 Å². The Morgan fingerprint density at radius 2 is 2.15 bits per heavy atom. The van der Waals surface area contributed by atoms with Gasteiger partial charge >= 0.3 is 5.97 Å². The van der Waals surface area contributed by atoms with Crippen LogP contribution in [-0.2, 0) is 11.3 Å². The van der Waals surface area contributed by atoms with Crippen molar-refractivity contribution in [1.82, 2.24) is 9.88 Å². The summed E-state index contributed by atoms with van der Waals surface area (Å²) in [5, 5.41) is 22.1. The predicted molar refractivity (Wildman–Crippen MR) is 70.5 cm³/mol. The topological polar surface area (TPSA) is 114 Å². The number of carbonyl (C=O) groups is 2. The molecule has 20 heavy (non-hydrogen) atoms. The van der Waals surface area contributed by atoms with Crippen LogP contribution in [0.15, 0.2) is 12.3 Å². The highest BCUT2D eigenvalue weighted by atomic mass is 16.6. The smallest absolute Gasteiger partial charge is 0.308 e. The fourth-order valence-electron chi connectivity index (χ4n) is 1.76. The lowest BCUT2D eigenvalue weighted by atomic mass is 10.1. The molecule has 8 heteroatoms. The van der Waals surface area contributed by atoms with Crippen LogP contribution in [0.5, 0.6) is 0 Å². The zero-order valence-corrected chi connectivity index (χ0v) is 11.3. The van der Waals surface area contributed by atoms with Crippen molar-refractivity contribution in [2.24, 2.45) is 5.92 Å². The molecule has 1 amide bonds. The summed E-state index contributed by atoms with van der Waals surface area (Å²) in [4.78, 5) is 32.9. The van der Waals surface area contributed by atoms with Crippen LogP contribution < -0.4 is 5.32 Å². The zero-order valence-electron chi connectivity index (χ0n) is 11.3. The lowest BCUT2D eigenvalue weighted by molar-refractivity contribution is -0.384. The molecule has 0 saturated heterocycles. The van der Waals surface area contributed by atoms with Crippen LogP contribution in [-0.4, -0.2) is 33.0 Å². The molecule has 0 aliphatic heterocycles. The number of hydrogen-bond acceptors (Lipinski definition) is 4. The minimum Gasteiger partial charge on any atom is -0.481 e. The van der Waals surface area contributed by atoms with Crippen LogP contribution in [0.2, 0.25) is 0 Å². The number of nitro groups is 1. The first-order chi connectivity index (χ1) is 9.40. The molecule has 2 N–H and O–H groups in total. The molecule has 0 spiro atoms. The van der Waals surface area contributed by atoms with Crippen LogP contribution >= 0.6 is 0 Å². The second kappa shape index (κ2) is 6.69. The molecule has 0 fully saturated rings. The van der Waals surface area contributed by atoms with Crippen LogP contribution in [0, 0.1) is 16.0 Å². The molecule has 1 aromatic rings. The molecule has 110 valence electrons. The Bertz CT molecular complexity index is 523. The van der Waals surface area contributed by atoms with Gasteiger partial charge in [0.2, 0.25) is 0 Å². The number of rotatable bonds is 7. The van der Waals surface area contributed by atoms with Gasteiger partial charge in [0.25, 0.3) is 11.6 Å². The van der Waals surface area contributed by atoms with Crippen LogP contribution in [0.3, 0.4) is 0 Å². The number of amides is 1. The molecule has 1 unspecified atom stereocenters. The van der Waals surface area contributed by atoms with E-state index in [9.17, 15) is 19.7 Å².